The number of hydrogen-bond acceptors (Lipinski definition) is 3. The molecular formula is C16H27N3. The standard InChI is InChI=1S/C16H27N3/c1-4-16-13-19(11-10-18(16)3)9-8-17-15-7-5-6-14(2)12-15/h5-7,12,16-17H,4,8-11,13H2,1-3H3. The molecule has 1 N–H and O–H groups in total. The molecule has 1 aliphatic rings. The minimum absolute atomic E-state index is 0.729. The van der Waals surface area contributed by atoms with Gasteiger partial charge in [0.25, 0.3) is 0 Å². The summed E-state index contributed by atoms with van der Waals surface area (Å²) in [5.74, 6) is 0. The number of likely N-dealkylation sites (N-methyl/N-ethyl adjacent to an activating group) is 1. The van der Waals surface area contributed by atoms with Crippen LogP contribution in [0.5, 0.6) is 0 Å². The van der Waals surface area contributed by atoms with Crippen LogP contribution in [-0.4, -0.2) is 55.6 Å². The van der Waals surface area contributed by atoms with Crippen molar-refractivity contribution in [3.05, 3.63) is 29.8 Å². The highest BCUT2D eigenvalue weighted by Crippen LogP contribution is 2.11. The molecule has 0 aliphatic carbocycles. The Hall–Kier alpha value is -1.06. The van der Waals surface area contributed by atoms with E-state index in [1.807, 2.05) is 0 Å². The van der Waals surface area contributed by atoms with Crippen molar-refractivity contribution in [1.29, 1.82) is 0 Å². The van der Waals surface area contributed by atoms with Crippen LogP contribution in [0.1, 0.15) is 18.9 Å². The molecule has 0 radical (unpaired) electrons. The SMILES string of the molecule is CCC1CN(CCNc2cccc(C)c2)CCN1C. The molecule has 0 bridgehead atoms. The molecule has 1 heterocycles. The Kier molecular flexibility index (Phi) is 5.23. The van der Waals surface area contributed by atoms with Crippen molar-refractivity contribution in [2.24, 2.45) is 0 Å². The van der Waals surface area contributed by atoms with Gasteiger partial charge in [-0.05, 0) is 38.1 Å². The lowest BCUT2D eigenvalue weighted by Gasteiger charge is -2.39. The Bertz CT molecular complexity index is 391. The Balaban J connectivity index is 1.74. The summed E-state index contributed by atoms with van der Waals surface area (Å²) in [6, 6.07) is 9.33. The number of aryl methyl sites for hydroxylation is 1. The Morgan fingerprint density at radius 1 is 1.32 bits per heavy atom. The van der Waals surface area contributed by atoms with Gasteiger partial charge in [0, 0.05) is 44.5 Å². The average Bonchev–Trinajstić information content (AvgIpc) is 2.41. The predicted molar refractivity (Wildman–Crippen MR) is 82.8 cm³/mol. The highest BCUT2D eigenvalue weighted by atomic mass is 15.3. The molecule has 1 aliphatic heterocycles. The molecule has 2 rings (SSSR count). The molecule has 3 heteroatoms. The first kappa shape index (κ1) is 14.4. The topological polar surface area (TPSA) is 18.5 Å². The molecule has 0 saturated carbocycles. The Morgan fingerprint density at radius 3 is 2.89 bits per heavy atom. The molecule has 0 amide bonds. The molecular weight excluding hydrogens is 234 g/mol. The van der Waals surface area contributed by atoms with Crippen LogP contribution in [0, 0.1) is 6.92 Å². The third-order valence-corrected chi connectivity index (χ3v) is 4.11. The highest BCUT2D eigenvalue weighted by molar-refractivity contribution is 5.45. The van der Waals surface area contributed by atoms with Gasteiger partial charge in [-0.1, -0.05) is 19.1 Å². The maximum atomic E-state index is 3.52. The minimum Gasteiger partial charge on any atom is -0.384 e. The van der Waals surface area contributed by atoms with E-state index >= 15 is 0 Å². The first-order chi connectivity index (χ1) is 9.19. The van der Waals surface area contributed by atoms with Gasteiger partial charge in [0.2, 0.25) is 0 Å². The lowest BCUT2D eigenvalue weighted by molar-refractivity contribution is 0.0963. The van der Waals surface area contributed by atoms with E-state index in [1.54, 1.807) is 0 Å². The zero-order valence-electron chi connectivity index (χ0n) is 12.5. The number of nitrogens with zero attached hydrogens (tertiary/aromatic N) is 2. The normalized spacial score (nSPS) is 21.5. The fourth-order valence-corrected chi connectivity index (χ4v) is 2.77. The summed E-state index contributed by atoms with van der Waals surface area (Å²) in [6.45, 7) is 10.2. The van der Waals surface area contributed by atoms with E-state index in [0.29, 0.717) is 0 Å². The lowest BCUT2D eigenvalue weighted by Crippen LogP contribution is -2.51. The van der Waals surface area contributed by atoms with Crippen molar-refractivity contribution in [3.63, 3.8) is 0 Å². The van der Waals surface area contributed by atoms with Crippen LogP contribution < -0.4 is 5.32 Å². The average molecular weight is 261 g/mol. The number of hydrogen-bond donors (Lipinski definition) is 1. The second-order valence-corrected chi connectivity index (χ2v) is 5.64. The summed E-state index contributed by atoms with van der Waals surface area (Å²) in [6.07, 6.45) is 1.25. The smallest absolute Gasteiger partial charge is 0.0343 e. The van der Waals surface area contributed by atoms with Gasteiger partial charge in [-0.25, -0.2) is 0 Å². The molecule has 1 atom stereocenters. The van der Waals surface area contributed by atoms with E-state index in [9.17, 15) is 0 Å². The van der Waals surface area contributed by atoms with Crippen LogP contribution in [0.2, 0.25) is 0 Å². The molecule has 1 unspecified atom stereocenters. The van der Waals surface area contributed by atoms with Crippen LogP contribution >= 0.6 is 0 Å². The third-order valence-electron chi connectivity index (χ3n) is 4.11. The first-order valence-corrected chi connectivity index (χ1v) is 7.42. The monoisotopic (exact) mass is 261 g/mol. The van der Waals surface area contributed by atoms with Crippen molar-refractivity contribution in [3.8, 4) is 0 Å². The van der Waals surface area contributed by atoms with E-state index in [2.05, 4.69) is 60.3 Å². The molecule has 19 heavy (non-hydrogen) atoms. The maximum absolute atomic E-state index is 3.52. The molecule has 1 aromatic carbocycles. The molecule has 3 nitrogen and oxygen atoms in total. The lowest BCUT2D eigenvalue weighted by atomic mass is 10.1. The number of piperazine rings is 1. The van der Waals surface area contributed by atoms with Crippen molar-refractivity contribution in [1.82, 2.24) is 9.80 Å². The van der Waals surface area contributed by atoms with Crippen molar-refractivity contribution in [2.75, 3.05) is 45.1 Å². The van der Waals surface area contributed by atoms with Crippen molar-refractivity contribution in [2.45, 2.75) is 26.3 Å². The highest BCUT2D eigenvalue weighted by Gasteiger charge is 2.21. The van der Waals surface area contributed by atoms with Crippen molar-refractivity contribution >= 4 is 5.69 Å². The molecule has 1 fully saturated rings. The van der Waals surface area contributed by atoms with E-state index in [4.69, 9.17) is 0 Å². The second kappa shape index (κ2) is 6.92. The number of anilines is 1. The molecule has 1 aromatic rings. The van der Waals surface area contributed by atoms with Gasteiger partial charge in [0.05, 0.1) is 0 Å². The van der Waals surface area contributed by atoms with Gasteiger partial charge in [-0.2, -0.15) is 0 Å². The second-order valence-electron chi connectivity index (χ2n) is 5.64. The number of benzene rings is 1. The van der Waals surface area contributed by atoms with E-state index < -0.39 is 0 Å². The zero-order valence-corrected chi connectivity index (χ0v) is 12.5. The van der Waals surface area contributed by atoms with Gasteiger partial charge >= 0.3 is 0 Å². The third kappa shape index (κ3) is 4.22. The fraction of sp³-hybridized carbons (Fsp3) is 0.625. The molecule has 0 spiro atoms. The number of rotatable bonds is 5. The van der Waals surface area contributed by atoms with Crippen LogP contribution in [-0.2, 0) is 0 Å². The van der Waals surface area contributed by atoms with E-state index in [1.165, 1.54) is 37.3 Å². The maximum Gasteiger partial charge on any atom is 0.0343 e. The number of nitrogens with one attached hydrogen (secondary N) is 1. The Labute approximate surface area is 117 Å². The summed E-state index contributed by atoms with van der Waals surface area (Å²) in [4.78, 5) is 5.07. The van der Waals surface area contributed by atoms with Gasteiger partial charge in [-0.15, -0.1) is 0 Å². The van der Waals surface area contributed by atoms with Gasteiger partial charge < -0.3 is 10.2 Å². The minimum atomic E-state index is 0.729. The first-order valence-electron chi connectivity index (χ1n) is 7.42. The van der Waals surface area contributed by atoms with Crippen LogP contribution in [0.15, 0.2) is 24.3 Å². The van der Waals surface area contributed by atoms with Gasteiger partial charge in [0.1, 0.15) is 0 Å². The van der Waals surface area contributed by atoms with Crippen molar-refractivity contribution < 1.29 is 0 Å². The predicted octanol–water partition coefficient (Wildman–Crippen LogP) is 2.43. The van der Waals surface area contributed by atoms with E-state index in [-0.39, 0.29) is 0 Å². The summed E-state index contributed by atoms with van der Waals surface area (Å²) in [5, 5.41) is 3.52. The quantitative estimate of drug-likeness (QED) is 0.878. The summed E-state index contributed by atoms with van der Waals surface area (Å²) >= 11 is 0. The Morgan fingerprint density at radius 2 is 2.16 bits per heavy atom. The van der Waals surface area contributed by atoms with Gasteiger partial charge in [0.15, 0.2) is 0 Å². The van der Waals surface area contributed by atoms with Crippen LogP contribution in [0.4, 0.5) is 5.69 Å². The fourth-order valence-electron chi connectivity index (χ4n) is 2.77. The zero-order chi connectivity index (χ0) is 13.7. The molecule has 0 aromatic heterocycles. The summed E-state index contributed by atoms with van der Waals surface area (Å²) < 4.78 is 0. The molecule has 106 valence electrons. The van der Waals surface area contributed by atoms with E-state index in [0.717, 1.165) is 19.1 Å². The van der Waals surface area contributed by atoms with Crippen LogP contribution in [0.25, 0.3) is 0 Å². The van der Waals surface area contributed by atoms with Crippen LogP contribution in [0.3, 0.4) is 0 Å². The summed E-state index contributed by atoms with van der Waals surface area (Å²) in [5.41, 5.74) is 2.55. The molecule has 1 saturated heterocycles. The largest absolute Gasteiger partial charge is 0.384 e. The summed E-state index contributed by atoms with van der Waals surface area (Å²) in [7, 11) is 2.25. The van der Waals surface area contributed by atoms with Gasteiger partial charge in [-0.3, -0.25) is 4.90 Å².